The minimum atomic E-state index is -3.95. The Morgan fingerprint density at radius 2 is 1.93 bits per heavy atom. The van der Waals surface area contributed by atoms with E-state index in [-0.39, 0.29) is 30.3 Å². The zero-order chi connectivity index (χ0) is 20.3. The summed E-state index contributed by atoms with van der Waals surface area (Å²) in [5.74, 6) is 0.457. The van der Waals surface area contributed by atoms with Gasteiger partial charge in [-0.15, -0.1) is 4.40 Å². The number of benzene rings is 1. The molecule has 28 heavy (non-hydrogen) atoms. The van der Waals surface area contributed by atoms with Crippen molar-refractivity contribution in [1.29, 1.82) is 0 Å². The second-order valence-electron chi connectivity index (χ2n) is 5.90. The van der Waals surface area contributed by atoms with Gasteiger partial charge in [-0.1, -0.05) is 17.3 Å². The zero-order valence-electron chi connectivity index (χ0n) is 15.4. The molecule has 2 aromatic rings. The zero-order valence-corrected chi connectivity index (χ0v) is 16.3. The number of rotatable bonds is 6. The van der Waals surface area contributed by atoms with Crippen LogP contribution in [-0.4, -0.2) is 41.7 Å². The van der Waals surface area contributed by atoms with Crippen molar-refractivity contribution >= 4 is 21.9 Å². The molecule has 11 heteroatoms. The van der Waals surface area contributed by atoms with Gasteiger partial charge < -0.3 is 14.0 Å². The molecular weight excluding hydrogens is 388 g/mol. The molecule has 0 bridgehead atoms. The summed E-state index contributed by atoms with van der Waals surface area (Å²) in [4.78, 5) is 16.3. The molecule has 0 radical (unpaired) electrons. The third-order valence-electron chi connectivity index (χ3n) is 3.83. The van der Waals surface area contributed by atoms with Crippen LogP contribution in [0, 0.1) is 6.92 Å². The van der Waals surface area contributed by atoms with Gasteiger partial charge in [-0.05, 0) is 31.5 Å². The summed E-state index contributed by atoms with van der Waals surface area (Å²) in [6.07, 6.45) is 1.21. The Kier molecular flexibility index (Phi) is 5.45. The molecule has 0 aliphatic carbocycles. The lowest BCUT2D eigenvalue weighted by Gasteiger charge is -2.23. The third kappa shape index (κ3) is 4.36. The van der Waals surface area contributed by atoms with Crippen LogP contribution >= 0.6 is 0 Å². The summed E-state index contributed by atoms with van der Waals surface area (Å²) in [6, 6.07) is 6.88. The number of aryl methyl sites for hydroxylation is 1. The lowest BCUT2D eigenvalue weighted by Crippen LogP contribution is -2.31. The lowest BCUT2D eigenvalue weighted by atomic mass is 10.2. The van der Waals surface area contributed by atoms with E-state index < -0.39 is 16.2 Å². The van der Waals surface area contributed by atoms with Crippen LogP contribution in [0.15, 0.2) is 45.0 Å². The maximum absolute atomic E-state index is 12.4. The molecule has 0 N–H and O–H groups in total. The van der Waals surface area contributed by atoms with Gasteiger partial charge >= 0.3 is 16.2 Å². The quantitative estimate of drug-likeness (QED) is 0.662. The Morgan fingerprint density at radius 3 is 2.54 bits per heavy atom. The van der Waals surface area contributed by atoms with Gasteiger partial charge in [0.25, 0.3) is 5.89 Å². The molecule has 0 unspecified atom stereocenters. The van der Waals surface area contributed by atoms with E-state index in [2.05, 4.69) is 14.5 Å². The van der Waals surface area contributed by atoms with Crippen LogP contribution in [0.1, 0.15) is 24.2 Å². The number of ether oxygens (including phenoxy) is 2. The number of hydrogen-bond acceptors (Lipinski definition) is 8. The molecule has 3 rings (SSSR count). The summed E-state index contributed by atoms with van der Waals surface area (Å²) in [5.41, 5.74) is 0.765. The van der Waals surface area contributed by atoms with Gasteiger partial charge in [-0.2, -0.15) is 13.4 Å². The largest absolute Gasteiger partial charge is 0.497 e. The lowest BCUT2D eigenvalue weighted by molar-refractivity contribution is -0.140. The van der Waals surface area contributed by atoms with E-state index in [0.29, 0.717) is 17.1 Å². The average molecular weight is 406 g/mol. The number of carbonyl (C=O) groups is 1. The highest BCUT2D eigenvalue weighted by Gasteiger charge is 2.29. The van der Waals surface area contributed by atoms with Gasteiger partial charge in [-0.3, -0.25) is 4.31 Å². The SMILES string of the molecule is COc1ccc(CN2C=C(C(=O)OCc3nc(C)no3)C(C)=NS2(=O)=O)cc1. The smallest absolute Gasteiger partial charge is 0.344 e. The van der Waals surface area contributed by atoms with Crippen molar-refractivity contribution in [2.75, 3.05) is 7.11 Å². The normalized spacial score (nSPS) is 15.6. The number of methoxy groups -OCH3 is 1. The van der Waals surface area contributed by atoms with Crippen molar-refractivity contribution in [3.05, 3.63) is 53.3 Å². The first-order chi connectivity index (χ1) is 13.3. The molecule has 1 aromatic carbocycles. The van der Waals surface area contributed by atoms with Crippen LogP contribution in [0.25, 0.3) is 0 Å². The van der Waals surface area contributed by atoms with Crippen molar-refractivity contribution in [1.82, 2.24) is 14.4 Å². The number of hydrogen-bond donors (Lipinski definition) is 0. The van der Waals surface area contributed by atoms with Crippen LogP contribution in [-0.2, 0) is 32.9 Å². The van der Waals surface area contributed by atoms with Crippen LogP contribution in [0.4, 0.5) is 0 Å². The van der Waals surface area contributed by atoms with Crippen molar-refractivity contribution in [2.45, 2.75) is 27.0 Å². The van der Waals surface area contributed by atoms with E-state index in [9.17, 15) is 13.2 Å². The second-order valence-corrected chi connectivity index (χ2v) is 7.45. The number of aromatic nitrogens is 2. The van der Waals surface area contributed by atoms with Gasteiger partial charge in [-0.25, -0.2) is 4.79 Å². The summed E-state index contributed by atoms with van der Waals surface area (Å²) >= 11 is 0. The Labute approximate surface area is 161 Å². The van der Waals surface area contributed by atoms with Gasteiger partial charge in [0.2, 0.25) is 0 Å². The molecule has 0 atom stereocenters. The molecule has 2 heterocycles. The van der Waals surface area contributed by atoms with Gasteiger partial charge in [0, 0.05) is 6.20 Å². The van der Waals surface area contributed by atoms with Crippen molar-refractivity contribution in [2.24, 2.45) is 4.40 Å². The summed E-state index contributed by atoms with van der Waals surface area (Å²) in [6.45, 7) is 2.83. The molecule has 10 nitrogen and oxygen atoms in total. The minimum absolute atomic E-state index is 0.00272. The number of carbonyl (C=O) groups excluding carboxylic acids is 1. The van der Waals surface area contributed by atoms with Crippen molar-refractivity contribution in [3.8, 4) is 5.75 Å². The monoisotopic (exact) mass is 406 g/mol. The van der Waals surface area contributed by atoms with Gasteiger partial charge in [0.05, 0.1) is 24.9 Å². The molecule has 0 fully saturated rings. The van der Waals surface area contributed by atoms with E-state index in [0.717, 1.165) is 4.31 Å². The Morgan fingerprint density at radius 1 is 1.21 bits per heavy atom. The molecule has 148 valence electrons. The van der Waals surface area contributed by atoms with Gasteiger partial charge in [0.1, 0.15) is 5.75 Å². The Balaban J connectivity index is 1.77. The molecule has 1 aliphatic rings. The number of nitrogens with zero attached hydrogens (tertiary/aromatic N) is 4. The van der Waals surface area contributed by atoms with E-state index in [1.165, 1.54) is 20.2 Å². The molecular formula is C17H18N4O6S. The first-order valence-corrected chi connectivity index (χ1v) is 9.58. The first-order valence-electron chi connectivity index (χ1n) is 8.18. The third-order valence-corrected chi connectivity index (χ3v) is 5.16. The standard InChI is InChI=1S/C17H18N4O6S/c1-11-15(17(22)26-10-16-18-12(2)19-27-16)9-21(28(23,24)20-11)8-13-4-6-14(25-3)7-5-13/h4-7,9H,8,10H2,1-3H3. The summed E-state index contributed by atoms with van der Waals surface area (Å²) < 4.78 is 44.4. The molecule has 0 saturated carbocycles. The predicted octanol–water partition coefficient (Wildman–Crippen LogP) is 1.54. The predicted molar refractivity (Wildman–Crippen MR) is 97.5 cm³/mol. The van der Waals surface area contributed by atoms with Crippen LogP contribution in [0.3, 0.4) is 0 Å². The molecule has 0 saturated heterocycles. The highest BCUT2D eigenvalue weighted by atomic mass is 32.2. The van der Waals surface area contributed by atoms with Crippen LogP contribution in [0.2, 0.25) is 0 Å². The van der Waals surface area contributed by atoms with E-state index in [1.807, 2.05) is 0 Å². The highest BCUT2D eigenvalue weighted by Crippen LogP contribution is 2.21. The van der Waals surface area contributed by atoms with Crippen molar-refractivity contribution < 1.29 is 27.2 Å². The fourth-order valence-corrected chi connectivity index (χ4v) is 3.52. The van der Waals surface area contributed by atoms with E-state index >= 15 is 0 Å². The van der Waals surface area contributed by atoms with E-state index in [4.69, 9.17) is 14.0 Å². The Bertz CT molecular complexity index is 1040. The summed E-state index contributed by atoms with van der Waals surface area (Å²) in [7, 11) is -2.41. The average Bonchev–Trinajstić information content (AvgIpc) is 3.07. The minimum Gasteiger partial charge on any atom is -0.497 e. The van der Waals surface area contributed by atoms with Crippen molar-refractivity contribution in [3.63, 3.8) is 0 Å². The van der Waals surface area contributed by atoms with E-state index in [1.54, 1.807) is 31.2 Å². The van der Waals surface area contributed by atoms with Crippen LogP contribution in [0.5, 0.6) is 5.75 Å². The summed E-state index contributed by atoms with van der Waals surface area (Å²) in [5, 5.41) is 3.60. The molecule has 0 amide bonds. The topological polar surface area (TPSA) is 124 Å². The van der Waals surface area contributed by atoms with Gasteiger partial charge in [0.15, 0.2) is 12.4 Å². The Hall–Kier alpha value is -3.21. The highest BCUT2D eigenvalue weighted by molar-refractivity contribution is 7.88. The van der Waals surface area contributed by atoms with Crippen LogP contribution < -0.4 is 4.74 Å². The molecule has 0 spiro atoms. The molecule has 1 aliphatic heterocycles. The maximum Gasteiger partial charge on any atom is 0.344 e. The maximum atomic E-state index is 12.4. The fraction of sp³-hybridized carbons (Fsp3) is 0.294. The number of esters is 1. The first kappa shape index (κ1) is 19.5. The fourth-order valence-electron chi connectivity index (χ4n) is 2.42. The molecule has 1 aromatic heterocycles. The second kappa shape index (κ2) is 7.80.